The van der Waals surface area contributed by atoms with Gasteiger partial charge in [-0.05, 0) is 12.1 Å². The van der Waals surface area contributed by atoms with Crippen molar-refractivity contribution in [3.05, 3.63) is 48.4 Å². The molecule has 3 aromatic heterocycles. The van der Waals surface area contributed by atoms with E-state index in [1.165, 1.54) is 6.20 Å². The highest BCUT2D eigenvalue weighted by atomic mass is 32.1. The molecule has 7 heteroatoms. The van der Waals surface area contributed by atoms with Crippen LogP contribution in [0, 0.1) is 0 Å². The lowest BCUT2D eigenvalue weighted by molar-refractivity contribution is 0.332. The second-order valence-electron chi connectivity index (χ2n) is 4.12. The monoisotopic (exact) mass is 296 g/mol. The Morgan fingerprint density at radius 1 is 1.10 bits per heavy atom. The Morgan fingerprint density at radius 2 is 2.10 bits per heavy atom. The van der Waals surface area contributed by atoms with Gasteiger partial charge in [0.1, 0.15) is 10.5 Å². The molecule has 0 radical (unpaired) electrons. The molecule has 4 rings (SSSR count). The first-order valence-corrected chi connectivity index (χ1v) is 7.01. The Morgan fingerprint density at radius 3 is 2.90 bits per heavy atom. The predicted octanol–water partition coefficient (Wildman–Crippen LogP) is 3.53. The summed E-state index contributed by atoms with van der Waals surface area (Å²) < 4.78 is 11.2. The third-order valence-corrected chi connectivity index (χ3v) is 3.60. The van der Waals surface area contributed by atoms with Crippen molar-refractivity contribution in [1.29, 1.82) is 0 Å². The lowest BCUT2D eigenvalue weighted by atomic mass is 10.2. The van der Waals surface area contributed by atoms with Crippen LogP contribution in [0.1, 0.15) is 0 Å². The normalized spacial score (nSPS) is 10.9. The van der Waals surface area contributed by atoms with Crippen LogP contribution < -0.4 is 4.74 Å². The first kappa shape index (κ1) is 12.0. The number of para-hydroxylation sites is 1. The number of rotatable bonds is 3. The van der Waals surface area contributed by atoms with Crippen molar-refractivity contribution in [1.82, 2.24) is 19.9 Å². The zero-order chi connectivity index (χ0) is 14.1. The third kappa shape index (κ3) is 2.23. The number of ether oxygens (including phenoxy) is 1. The molecule has 21 heavy (non-hydrogen) atoms. The van der Waals surface area contributed by atoms with Gasteiger partial charge < -0.3 is 9.15 Å². The molecule has 0 amide bonds. The van der Waals surface area contributed by atoms with Gasteiger partial charge >= 0.3 is 6.08 Å². The Labute approximate surface area is 123 Å². The van der Waals surface area contributed by atoms with E-state index in [9.17, 15) is 0 Å². The molecule has 0 saturated heterocycles. The summed E-state index contributed by atoms with van der Waals surface area (Å²) in [5.74, 6) is 0.333. The summed E-state index contributed by atoms with van der Waals surface area (Å²) in [4.78, 5) is 16.5. The van der Waals surface area contributed by atoms with Crippen LogP contribution in [0.15, 0.2) is 52.8 Å². The zero-order valence-electron chi connectivity index (χ0n) is 10.6. The average Bonchev–Trinajstić information content (AvgIpc) is 3.16. The molecule has 0 aliphatic heterocycles. The number of thiazole rings is 1. The molecular formula is C14H8N4O2S. The van der Waals surface area contributed by atoms with Crippen LogP contribution in [0.25, 0.3) is 21.7 Å². The third-order valence-electron chi connectivity index (χ3n) is 2.79. The smallest absolute Gasteiger partial charge is 0.401 e. The second-order valence-corrected chi connectivity index (χ2v) is 5.01. The number of hydrogen-bond donors (Lipinski definition) is 0. The first-order chi connectivity index (χ1) is 10.4. The zero-order valence-corrected chi connectivity index (χ0v) is 11.4. The molecule has 102 valence electrons. The van der Waals surface area contributed by atoms with Crippen molar-refractivity contribution in [2.45, 2.75) is 0 Å². The van der Waals surface area contributed by atoms with E-state index >= 15 is 0 Å². The molecule has 0 saturated carbocycles. The number of nitrogens with zero attached hydrogens (tertiary/aromatic N) is 4. The van der Waals surface area contributed by atoms with Gasteiger partial charge in [-0.3, -0.25) is 4.98 Å². The molecule has 0 aliphatic rings. The van der Waals surface area contributed by atoms with Crippen LogP contribution in [-0.2, 0) is 0 Å². The van der Waals surface area contributed by atoms with E-state index in [4.69, 9.17) is 9.15 Å². The van der Waals surface area contributed by atoms with E-state index in [2.05, 4.69) is 19.9 Å². The fourth-order valence-electron chi connectivity index (χ4n) is 1.92. The standard InChI is InChI=1S/C14H8N4O2S/c1-2-9(13-17-6-7-21-13)12-10(3-1)18-14(20-12)19-11-8-15-4-5-16-11/h1-8H. The van der Waals surface area contributed by atoms with Crippen LogP contribution in [-0.4, -0.2) is 19.9 Å². The van der Waals surface area contributed by atoms with Gasteiger partial charge in [0.2, 0.25) is 5.88 Å². The van der Waals surface area contributed by atoms with Crippen LogP contribution in [0.3, 0.4) is 0 Å². The summed E-state index contributed by atoms with van der Waals surface area (Å²) in [5, 5.41) is 2.80. The molecule has 0 fully saturated rings. The highest BCUT2D eigenvalue weighted by molar-refractivity contribution is 7.13. The Bertz CT molecular complexity index is 875. The minimum Gasteiger partial charge on any atom is -0.408 e. The van der Waals surface area contributed by atoms with Crippen LogP contribution in [0.4, 0.5) is 0 Å². The maximum absolute atomic E-state index is 5.69. The quantitative estimate of drug-likeness (QED) is 0.575. The second kappa shape index (κ2) is 4.95. The van der Waals surface area contributed by atoms with Gasteiger partial charge in [0.25, 0.3) is 0 Å². The van der Waals surface area contributed by atoms with Gasteiger partial charge in [-0.25, -0.2) is 9.97 Å². The van der Waals surface area contributed by atoms with Crippen LogP contribution in [0.2, 0.25) is 0 Å². The number of aromatic nitrogens is 4. The summed E-state index contributed by atoms with van der Waals surface area (Å²) in [6.45, 7) is 0. The number of oxazole rings is 1. The van der Waals surface area contributed by atoms with Gasteiger partial charge in [-0.1, -0.05) is 6.07 Å². The van der Waals surface area contributed by atoms with E-state index < -0.39 is 0 Å². The lowest BCUT2D eigenvalue weighted by Gasteiger charge is -1.97. The molecule has 4 aromatic rings. The van der Waals surface area contributed by atoms with Crippen molar-refractivity contribution in [2.75, 3.05) is 0 Å². The van der Waals surface area contributed by atoms with Crippen molar-refractivity contribution in [3.63, 3.8) is 0 Å². The van der Waals surface area contributed by atoms with Crippen molar-refractivity contribution in [3.8, 4) is 22.5 Å². The maximum atomic E-state index is 5.69. The van der Waals surface area contributed by atoms with Gasteiger partial charge in [-0.2, -0.15) is 4.98 Å². The fourth-order valence-corrected chi connectivity index (χ4v) is 2.58. The molecule has 6 nitrogen and oxygen atoms in total. The lowest BCUT2D eigenvalue weighted by Crippen LogP contribution is -1.87. The van der Waals surface area contributed by atoms with E-state index in [0.717, 1.165) is 10.6 Å². The summed E-state index contributed by atoms with van der Waals surface area (Å²) in [6, 6.07) is 5.71. The number of benzene rings is 1. The van der Waals surface area contributed by atoms with Crippen molar-refractivity contribution in [2.24, 2.45) is 0 Å². The van der Waals surface area contributed by atoms with E-state index in [1.54, 1.807) is 29.9 Å². The predicted molar refractivity (Wildman–Crippen MR) is 77.2 cm³/mol. The summed E-state index contributed by atoms with van der Waals surface area (Å²) in [7, 11) is 0. The van der Waals surface area contributed by atoms with Gasteiger partial charge in [0.05, 0.1) is 11.8 Å². The highest BCUT2D eigenvalue weighted by Crippen LogP contribution is 2.33. The molecule has 0 aliphatic carbocycles. The van der Waals surface area contributed by atoms with Gasteiger partial charge in [0.15, 0.2) is 5.58 Å². The molecular weight excluding hydrogens is 288 g/mol. The molecule has 3 heterocycles. The van der Waals surface area contributed by atoms with Gasteiger partial charge in [-0.15, -0.1) is 11.3 Å². The Hall–Kier alpha value is -2.80. The highest BCUT2D eigenvalue weighted by Gasteiger charge is 2.14. The molecule has 0 unspecified atom stereocenters. The fraction of sp³-hybridized carbons (Fsp3) is 0. The van der Waals surface area contributed by atoms with Crippen molar-refractivity contribution < 1.29 is 9.15 Å². The summed E-state index contributed by atoms with van der Waals surface area (Å²) in [5.41, 5.74) is 2.25. The van der Waals surface area contributed by atoms with Crippen LogP contribution >= 0.6 is 11.3 Å². The molecule has 0 bridgehead atoms. The Balaban J connectivity index is 1.78. The molecule has 0 atom stereocenters. The number of hydrogen-bond acceptors (Lipinski definition) is 7. The molecule has 0 N–H and O–H groups in total. The molecule has 1 aromatic carbocycles. The SMILES string of the molecule is c1cc(-c2nccs2)c2oc(Oc3cnccn3)nc2c1. The van der Waals surface area contributed by atoms with Crippen LogP contribution in [0.5, 0.6) is 12.0 Å². The van der Waals surface area contributed by atoms with Crippen molar-refractivity contribution >= 4 is 22.4 Å². The minimum absolute atomic E-state index is 0.134. The molecule has 0 spiro atoms. The maximum Gasteiger partial charge on any atom is 0.401 e. The minimum atomic E-state index is 0.134. The largest absolute Gasteiger partial charge is 0.408 e. The Kier molecular flexibility index (Phi) is 2.82. The van der Waals surface area contributed by atoms with E-state index in [-0.39, 0.29) is 6.08 Å². The van der Waals surface area contributed by atoms with Gasteiger partial charge in [0, 0.05) is 24.0 Å². The average molecular weight is 296 g/mol. The van der Waals surface area contributed by atoms with E-state index in [0.29, 0.717) is 17.0 Å². The van der Waals surface area contributed by atoms with E-state index in [1.807, 2.05) is 23.6 Å². The topological polar surface area (TPSA) is 73.9 Å². The first-order valence-electron chi connectivity index (χ1n) is 6.13. The summed E-state index contributed by atoms with van der Waals surface area (Å²) in [6.07, 6.45) is 6.50. The number of fused-ring (bicyclic) bond motifs is 1. The summed E-state index contributed by atoms with van der Waals surface area (Å²) >= 11 is 1.54.